The number of halogens is 1. The predicted octanol–water partition coefficient (Wildman–Crippen LogP) is 4.21. The van der Waals surface area contributed by atoms with Crippen molar-refractivity contribution in [2.24, 2.45) is 5.92 Å². The highest BCUT2D eigenvalue weighted by molar-refractivity contribution is 5.97. The Kier molecular flexibility index (Phi) is 5.84. The Morgan fingerprint density at radius 2 is 1.90 bits per heavy atom. The Bertz CT molecular complexity index is 1060. The van der Waals surface area contributed by atoms with Crippen LogP contribution in [0.2, 0.25) is 0 Å². The molecule has 7 heteroatoms. The highest BCUT2D eigenvalue weighted by Gasteiger charge is 2.39. The SMILES string of the molecule is CC(C)C[C@H]1C(=O)N[C@@H](c2ccccc2)CN1C(=O)c1cc(-c2ccc(F)cc2)no1. The number of hydrogen-bond acceptors (Lipinski definition) is 4. The molecule has 2 heterocycles. The summed E-state index contributed by atoms with van der Waals surface area (Å²) in [6, 6.07) is 16.0. The summed E-state index contributed by atoms with van der Waals surface area (Å²) in [4.78, 5) is 27.9. The topological polar surface area (TPSA) is 75.4 Å². The van der Waals surface area contributed by atoms with Crippen LogP contribution in [0.5, 0.6) is 0 Å². The largest absolute Gasteiger partial charge is 0.350 e. The molecule has 160 valence electrons. The van der Waals surface area contributed by atoms with E-state index in [4.69, 9.17) is 4.52 Å². The number of aromatic nitrogens is 1. The maximum absolute atomic E-state index is 13.4. The summed E-state index contributed by atoms with van der Waals surface area (Å²) in [5, 5.41) is 7.01. The number of amides is 2. The lowest BCUT2D eigenvalue weighted by Crippen LogP contribution is -2.58. The first-order valence-electron chi connectivity index (χ1n) is 10.3. The summed E-state index contributed by atoms with van der Waals surface area (Å²) in [6.07, 6.45) is 0.540. The van der Waals surface area contributed by atoms with Gasteiger partial charge in [-0.3, -0.25) is 9.59 Å². The van der Waals surface area contributed by atoms with Gasteiger partial charge in [0, 0.05) is 18.2 Å². The third kappa shape index (κ3) is 4.50. The van der Waals surface area contributed by atoms with Crippen molar-refractivity contribution < 1.29 is 18.5 Å². The summed E-state index contributed by atoms with van der Waals surface area (Å²) < 4.78 is 18.5. The normalized spacial score (nSPS) is 18.8. The molecule has 1 aliphatic rings. The molecule has 31 heavy (non-hydrogen) atoms. The van der Waals surface area contributed by atoms with Crippen LogP contribution in [0.15, 0.2) is 65.2 Å². The van der Waals surface area contributed by atoms with Crippen LogP contribution in [-0.4, -0.2) is 34.5 Å². The number of nitrogens with one attached hydrogen (secondary N) is 1. The lowest BCUT2D eigenvalue weighted by molar-refractivity contribution is -0.130. The minimum absolute atomic E-state index is 0.0505. The molecule has 6 nitrogen and oxygen atoms in total. The zero-order valence-corrected chi connectivity index (χ0v) is 17.4. The smallest absolute Gasteiger partial charge is 0.293 e. The van der Waals surface area contributed by atoms with Crippen LogP contribution >= 0.6 is 0 Å². The van der Waals surface area contributed by atoms with Gasteiger partial charge in [0.2, 0.25) is 11.7 Å². The molecule has 2 aromatic carbocycles. The standard InChI is InChI=1S/C24H24FN3O3/c1-15(2)12-21-23(29)26-20(16-6-4-3-5-7-16)14-28(21)24(30)22-13-19(27-31-22)17-8-10-18(25)11-9-17/h3-11,13,15,20-21H,12,14H2,1-2H3,(H,26,29)/t20-,21+/m1/s1. The van der Waals surface area contributed by atoms with E-state index in [0.717, 1.165) is 5.56 Å². The number of rotatable bonds is 5. The van der Waals surface area contributed by atoms with E-state index in [2.05, 4.69) is 10.5 Å². The van der Waals surface area contributed by atoms with Gasteiger partial charge in [0.15, 0.2) is 0 Å². The lowest BCUT2D eigenvalue weighted by Gasteiger charge is -2.39. The number of benzene rings is 2. The quantitative estimate of drug-likeness (QED) is 0.670. The molecule has 1 aromatic heterocycles. The molecule has 1 saturated heterocycles. The first-order chi connectivity index (χ1) is 14.9. The van der Waals surface area contributed by atoms with Crippen LogP contribution in [0.4, 0.5) is 4.39 Å². The third-order valence-electron chi connectivity index (χ3n) is 5.39. The second-order valence-electron chi connectivity index (χ2n) is 8.16. The van der Waals surface area contributed by atoms with Crippen molar-refractivity contribution >= 4 is 11.8 Å². The van der Waals surface area contributed by atoms with Crippen LogP contribution in [0.1, 0.15) is 42.4 Å². The summed E-state index contributed by atoms with van der Waals surface area (Å²) >= 11 is 0. The average molecular weight is 421 g/mol. The van der Waals surface area contributed by atoms with Gasteiger partial charge in [-0.05, 0) is 42.2 Å². The predicted molar refractivity (Wildman–Crippen MR) is 114 cm³/mol. The summed E-state index contributed by atoms with van der Waals surface area (Å²) in [5.41, 5.74) is 2.01. The van der Waals surface area contributed by atoms with Gasteiger partial charge < -0.3 is 14.7 Å². The molecule has 0 aliphatic carbocycles. The van der Waals surface area contributed by atoms with E-state index < -0.39 is 6.04 Å². The highest BCUT2D eigenvalue weighted by atomic mass is 19.1. The first-order valence-corrected chi connectivity index (χ1v) is 10.3. The Balaban J connectivity index is 1.62. The van der Waals surface area contributed by atoms with E-state index in [9.17, 15) is 14.0 Å². The van der Waals surface area contributed by atoms with Crippen LogP contribution in [0.25, 0.3) is 11.3 Å². The molecular formula is C24H24FN3O3. The lowest BCUT2D eigenvalue weighted by atomic mass is 9.95. The van der Waals surface area contributed by atoms with Gasteiger partial charge in [0.1, 0.15) is 17.6 Å². The van der Waals surface area contributed by atoms with E-state index in [1.54, 1.807) is 17.0 Å². The summed E-state index contributed by atoms with van der Waals surface area (Å²) in [5.74, 6) is -0.646. The molecule has 1 aliphatic heterocycles. The molecule has 0 unspecified atom stereocenters. The number of nitrogens with zero attached hydrogens (tertiary/aromatic N) is 2. The van der Waals surface area contributed by atoms with E-state index in [1.165, 1.54) is 18.2 Å². The maximum Gasteiger partial charge on any atom is 0.293 e. The Hall–Kier alpha value is -3.48. The summed E-state index contributed by atoms with van der Waals surface area (Å²) in [6.45, 7) is 4.36. The minimum Gasteiger partial charge on any atom is -0.350 e. The molecule has 1 N–H and O–H groups in total. The van der Waals surface area contributed by atoms with Gasteiger partial charge in [-0.15, -0.1) is 0 Å². The number of carbonyl (C=O) groups excluding carboxylic acids is 2. The van der Waals surface area contributed by atoms with Crippen LogP contribution in [0.3, 0.4) is 0 Å². The van der Waals surface area contributed by atoms with Gasteiger partial charge in [-0.2, -0.15) is 0 Å². The fourth-order valence-electron chi connectivity index (χ4n) is 3.83. The molecule has 0 bridgehead atoms. The van der Waals surface area contributed by atoms with Crippen molar-refractivity contribution in [3.8, 4) is 11.3 Å². The highest BCUT2D eigenvalue weighted by Crippen LogP contribution is 2.27. The van der Waals surface area contributed by atoms with Crippen LogP contribution in [-0.2, 0) is 4.79 Å². The number of carbonyl (C=O) groups is 2. The molecule has 0 radical (unpaired) electrons. The molecule has 0 saturated carbocycles. The molecule has 2 amide bonds. The van der Waals surface area contributed by atoms with Crippen molar-refractivity contribution in [3.05, 3.63) is 77.8 Å². The third-order valence-corrected chi connectivity index (χ3v) is 5.39. The zero-order valence-electron chi connectivity index (χ0n) is 17.4. The molecule has 2 atom stereocenters. The van der Waals surface area contributed by atoms with Gasteiger partial charge in [-0.25, -0.2) is 4.39 Å². The van der Waals surface area contributed by atoms with Crippen molar-refractivity contribution in [2.45, 2.75) is 32.4 Å². The fourth-order valence-corrected chi connectivity index (χ4v) is 3.83. The Morgan fingerprint density at radius 1 is 1.19 bits per heavy atom. The molecule has 1 fully saturated rings. The fraction of sp³-hybridized carbons (Fsp3) is 0.292. The van der Waals surface area contributed by atoms with Gasteiger partial charge in [0.05, 0.1) is 6.04 Å². The Morgan fingerprint density at radius 3 is 2.58 bits per heavy atom. The maximum atomic E-state index is 13.4. The monoisotopic (exact) mass is 421 g/mol. The summed E-state index contributed by atoms with van der Waals surface area (Å²) in [7, 11) is 0. The van der Waals surface area contributed by atoms with Crippen molar-refractivity contribution in [1.29, 1.82) is 0 Å². The average Bonchev–Trinajstić information content (AvgIpc) is 3.25. The molecule has 0 spiro atoms. The van der Waals surface area contributed by atoms with Crippen molar-refractivity contribution in [3.63, 3.8) is 0 Å². The van der Waals surface area contributed by atoms with E-state index in [1.807, 2.05) is 44.2 Å². The molecule has 4 rings (SSSR count). The minimum atomic E-state index is -0.591. The van der Waals surface area contributed by atoms with Gasteiger partial charge in [-0.1, -0.05) is 49.3 Å². The van der Waals surface area contributed by atoms with E-state index >= 15 is 0 Å². The first kappa shape index (κ1) is 20.8. The van der Waals surface area contributed by atoms with Gasteiger partial charge in [0.25, 0.3) is 5.91 Å². The van der Waals surface area contributed by atoms with Crippen molar-refractivity contribution in [2.75, 3.05) is 6.54 Å². The molecular weight excluding hydrogens is 397 g/mol. The van der Waals surface area contributed by atoms with E-state index in [0.29, 0.717) is 24.2 Å². The van der Waals surface area contributed by atoms with Crippen LogP contribution < -0.4 is 5.32 Å². The Labute approximate surface area is 180 Å². The zero-order chi connectivity index (χ0) is 22.0. The van der Waals surface area contributed by atoms with Crippen LogP contribution in [0, 0.1) is 11.7 Å². The molecule has 3 aromatic rings. The van der Waals surface area contributed by atoms with Crippen molar-refractivity contribution in [1.82, 2.24) is 15.4 Å². The van der Waals surface area contributed by atoms with Gasteiger partial charge >= 0.3 is 0 Å². The number of hydrogen-bond donors (Lipinski definition) is 1. The van der Waals surface area contributed by atoms with E-state index in [-0.39, 0.29) is 35.4 Å². The number of piperazine rings is 1. The second kappa shape index (κ2) is 8.71. The second-order valence-corrected chi connectivity index (χ2v) is 8.16.